The second-order valence-corrected chi connectivity index (χ2v) is 7.64. The number of amides is 1. The number of rotatable bonds is 8. The highest BCUT2D eigenvalue weighted by Gasteiger charge is 2.18. The third-order valence-electron chi connectivity index (χ3n) is 4.40. The summed E-state index contributed by atoms with van der Waals surface area (Å²) in [5, 5.41) is 10.2. The Morgan fingerprint density at radius 1 is 1.14 bits per heavy atom. The molecule has 152 valence electrons. The van der Waals surface area contributed by atoms with Crippen LogP contribution in [0.3, 0.4) is 0 Å². The van der Waals surface area contributed by atoms with E-state index in [4.69, 9.17) is 9.47 Å². The van der Waals surface area contributed by atoms with E-state index in [-0.39, 0.29) is 11.2 Å². The predicted octanol–water partition coefficient (Wildman–Crippen LogP) is 4.17. The number of hydrogen-bond donors (Lipinski definition) is 2. The quantitative estimate of drug-likeness (QED) is 0.540. The molecule has 1 amide bonds. The average Bonchev–Trinajstić information content (AvgIpc) is 3.22. The minimum atomic E-state index is -0.380. The highest BCUT2D eigenvalue weighted by Crippen LogP contribution is 2.30. The van der Waals surface area contributed by atoms with Crippen molar-refractivity contribution >= 4 is 23.4 Å². The summed E-state index contributed by atoms with van der Waals surface area (Å²) in [7, 11) is 3.12. The number of anilines is 1. The Hall–Kier alpha value is -3.00. The predicted molar refractivity (Wildman–Crippen MR) is 115 cm³/mol. The van der Waals surface area contributed by atoms with Gasteiger partial charge in [0.2, 0.25) is 11.1 Å². The number of H-pyrrole nitrogens is 1. The first-order chi connectivity index (χ1) is 14.0. The number of carbonyl (C=O) groups excluding carboxylic acids is 1. The first kappa shape index (κ1) is 20.7. The van der Waals surface area contributed by atoms with Gasteiger partial charge in [-0.15, -0.1) is 5.10 Å². The van der Waals surface area contributed by atoms with Crippen molar-refractivity contribution in [3.05, 3.63) is 48.0 Å². The van der Waals surface area contributed by atoms with E-state index in [1.807, 2.05) is 19.1 Å². The second-order valence-electron chi connectivity index (χ2n) is 6.34. The Morgan fingerprint density at radius 3 is 2.52 bits per heavy atom. The molecule has 2 aromatic carbocycles. The summed E-state index contributed by atoms with van der Waals surface area (Å²) in [6.07, 6.45) is 0.991. The number of hydrogen-bond acceptors (Lipinski definition) is 6. The lowest BCUT2D eigenvalue weighted by Crippen LogP contribution is -2.22. The van der Waals surface area contributed by atoms with Crippen LogP contribution in [0.1, 0.15) is 19.4 Å². The zero-order chi connectivity index (χ0) is 20.8. The third-order valence-corrected chi connectivity index (χ3v) is 5.36. The third kappa shape index (κ3) is 5.08. The van der Waals surface area contributed by atoms with Crippen LogP contribution >= 0.6 is 11.8 Å². The summed E-state index contributed by atoms with van der Waals surface area (Å²) in [6, 6.07) is 13.4. The molecule has 0 fully saturated rings. The normalized spacial score (nSPS) is 11.7. The largest absolute Gasteiger partial charge is 0.493 e. The molecular formula is C21H24N4O3S. The van der Waals surface area contributed by atoms with Crippen molar-refractivity contribution in [3.63, 3.8) is 0 Å². The van der Waals surface area contributed by atoms with Crippen LogP contribution in [0.25, 0.3) is 11.4 Å². The minimum absolute atomic E-state index is 0.152. The van der Waals surface area contributed by atoms with E-state index in [9.17, 15) is 4.79 Å². The van der Waals surface area contributed by atoms with E-state index in [1.54, 1.807) is 32.4 Å². The molecule has 3 aromatic rings. The lowest BCUT2D eigenvalue weighted by atomic mass is 10.1. The van der Waals surface area contributed by atoms with E-state index < -0.39 is 0 Å². The molecular weight excluding hydrogens is 388 g/mol. The molecule has 8 heteroatoms. The molecule has 0 radical (unpaired) electrons. The van der Waals surface area contributed by atoms with Crippen molar-refractivity contribution in [3.8, 4) is 22.9 Å². The topological polar surface area (TPSA) is 89.1 Å². The number of carbonyl (C=O) groups is 1. The molecule has 1 heterocycles. The Balaban J connectivity index is 1.63. The molecule has 7 nitrogen and oxygen atoms in total. The molecule has 0 aliphatic carbocycles. The fourth-order valence-electron chi connectivity index (χ4n) is 2.70. The summed E-state index contributed by atoms with van der Waals surface area (Å²) in [6.45, 7) is 3.93. The summed E-state index contributed by atoms with van der Waals surface area (Å²) in [5.74, 6) is 1.69. The molecule has 0 saturated carbocycles. The molecule has 1 aromatic heterocycles. The van der Waals surface area contributed by atoms with Crippen molar-refractivity contribution in [1.82, 2.24) is 15.2 Å². The van der Waals surface area contributed by atoms with Crippen LogP contribution in [0.4, 0.5) is 5.69 Å². The minimum Gasteiger partial charge on any atom is -0.493 e. The fraction of sp³-hybridized carbons (Fsp3) is 0.286. The maximum Gasteiger partial charge on any atom is 0.237 e. The summed E-state index contributed by atoms with van der Waals surface area (Å²) >= 11 is 1.29. The average molecular weight is 413 g/mol. The van der Waals surface area contributed by atoms with Gasteiger partial charge >= 0.3 is 0 Å². The number of aromatic amines is 1. The van der Waals surface area contributed by atoms with Gasteiger partial charge in [-0.1, -0.05) is 43.0 Å². The highest BCUT2D eigenvalue weighted by molar-refractivity contribution is 8.00. The van der Waals surface area contributed by atoms with Crippen LogP contribution in [0.5, 0.6) is 11.5 Å². The van der Waals surface area contributed by atoms with Crippen molar-refractivity contribution in [2.45, 2.75) is 30.7 Å². The number of aromatic nitrogens is 3. The van der Waals surface area contributed by atoms with E-state index in [0.717, 1.165) is 12.0 Å². The summed E-state index contributed by atoms with van der Waals surface area (Å²) in [4.78, 5) is 17.0. The lowest BCUT2D eigenvalue weighted by molar-refractivity contribution is -0.115. The van der Waals surface area contributed by atoms with Crippen molar-refractivity contribution in [2.75, 3.05) is 19.5 Å². The van der Waals surface area contributed by atoms with Gasteiger partial charge in [-0.3, -0.25) is 9.89 Å². The molecule has 0 spiro atoms. The van der Waals surface area contributed by atoms with Crippen LogP contribution < -0.4 is 14.8 Å². The van der Waals surface area contributed by atoms with Gasteiger partial charge in [-0.25, -0.2) is 4.98 Å². The zero-order valence-electron chi connectivity index (χ0n) is 16.9. The maximum absolute atomic E-state index is 12.5. The Bertz CT molecular complexity index is 972. The molecule has 3 rings (SSSR count). The Kier molecular flexibility index (Phi) is 6.77. The molecule has 29 heavy (non-hydrogen) atoms. The smallest absolute Gasteiger partial charge is 0.237 e. The summed E-state index contributed by atoms with van der Waals surface area (Å²) < 4.78 is 10.5. The summed E-state index contributed by atoms with van der Waals surface area (Å²) in [5.41, 5.74) is 2.86. The number of nitrogens with zero attached hydrogens (tertiary/aromatic N) is 2. The van der Waals surface area contributed by atoms with Crippen molar-refractivity contribution in [2.24, 2.45) is 0 Å². The van der Waals surface area contributed by atoms with Gasteiger partial charge < -0.3 is 14.8 Å². The molecule has 0 bridgehead atoms. The molecule has 1 atom stereocenters. The zero-order valence-corrected chi connectivity index (χ0v) is 17.7. The van der Waals surface area contributed by atoms with Crippen LogP contribution in [-0.4, -0.2) is 40.6 Å². The SMILES string of the molecule is CCc1ccc(-c2nc(S[C@H](C)C(=O)Nc3ccc(OC)c(OC)c3)n[nH]2)cc1. The molecule has 0 unspecified atom stereocenters. The van der Waals surface area contributed by atoms with E-state index >= 15 is 0 Å². The first-order valence-corrected chi connectivity index (χ1v) is 10.1. The first-order valence-electron chi connectivity index (χ1n) is 9.25. The van der Waals surface area contributed by atoms with Gasteiger partial charge in [0.05, 0.1) is 19.5 Å². The monoisotopic (exact) mass is 412 g/mol. The van der Waals surface area contributed by atoms with Crippen LogP contribution in [0, 0.1) is 0 Å². The Morgan fingerprint density at radius 2 is 1.86 bits per heavy atom. The van der Waals surface area contributed by atoms with Gasteiger partial charge in [-0.2, -0.15) is 0 Å². The number of nitrogens with one attached hydrogen (secondary N) is 2. The molecule has 2 N–H and O–H groups in total. The number of aryl methyl sites for hydroxylation is 1. The molecule has 0 aliphatic rings. The van der Waals surface area contributed by atoms with Crippen molar-refractivity contribution < 1.29 is 14.3 Å². The second kappa shape index (κ2) is 9.47. The Labute approximate surface area is 174 Å². The van der Waals surface area contributed by atoms with Crippen LogP contribution in [-0.2, 0) is 11.2 Å². The van der Waals surface area contributed by atoms with Gasteiger partial charge in [0.25, 0.3) is 0 Å². The fourth-order valence-corrected chi connectivity index (χ4v) is 3.42. The van der Waals surface area contributed by atoms with E-state index in [2.05, 4.69) is 39.6 Å². The number of methoxy groups -OCH3 is 2. The lowest BCUT2D eigenvalue weighted by Gasteiger charge is -2.12. The maximum atomic E-state index is 12.5. The highest BCUT2D eigenvalue weighted by atomic mass is 32.2. The van der Waals surface area contributed by atoms with Gasteiger partial charge in [0.15, 0.2) is 17.3 Å². The standard InChI is InChI=1S/C21H24N4O3S/c1-5-14-6-8-15(9-7-14)19-23-21(25-24-19)29-13(2)20(26)22-16-10-11-17(27-3)18(12-16)28-4/h6-13H,5H2,1-4H3,(H,22,26)(H,23,24,25)/t13-/m1/s1. The van der Waals surface area contributed by atoms with Crippen LogP contribution in [0.15, 0.2) is 47.6 Å². The van der Waals surface area contributed by atoms with E-state index in [0.29, 0.717) is 28.2 Å². The van der Waals surface area contributed by atoms with Gasteiger partial charge in [-0.05, 0) is 31.0 Å². The van der Waals surface area contributed by atoms with E-state index in [1.165, 1.54) is 17.3 Å². The van der Waals surface area contributed by atoms with Gasteiger partial charge in [0.1, 0.15) is 0 Å². The van der Waals surface area contributed by atoms with Crippen molar-refractivity contribution in [1.29, 1.82) is 0 Å². The molecule has 0 saturated heterocycles. The number of thioether (sulfide) groups is 1. The number of ether oxygens (including phenoxy) is 2. The number of benzene rings is 2. The molecule has 0 aliphatic heterocycles. The van der Waals surface area contributed by atoms with Crippen LogP contribution in [0.2, 0.25) is 0 Å². The van der Waals surface area contributed by atoms with Gasteiger partial charge in [0, 0.05) is 17.3 Å².